The first-order valence-corrected chi connectivity index (χ1v) is 7.21. The molecular formula is C12H17O5P. The number of ketones is 1. The average molecular weight is 272 g/mol. The van der Waals surface area contributed by atoms with Crippen LogP contribution in [-0.4, -0.2) is 25.3 Å². The van der Waals surface area contributed by atoms with E-state index in [1.165, 1.54) is 21.0 Å². The van der Waals surface area contributed by atoms with Gasteiger partial charge in [-0.1, -0.05) is 18.2 Å². The van der Waals surface area contributed by atoms with Crippen molar-refractivity contribution in [3.63, 3.8) is 0 Å². The molecule has 100 valence electrons. The number of rotatable bonds is 7. The largest absolute Gasteiger partial charge is 0.423 e. The zero-order chi connectivity index (χ0) is 13.6. The van der Waals surface area contributed by atoms with Crippen LogP contribution in [0.2, 0.25) is 0 Å². The van der Waals surface area contributed by atoms with Crippen LogP contribution in [0.5, 0.6) is 5.75 Å². The monoisotopic (exact) mass is 272 g/mol. The molecule has 1 aromatic rings. The zero-order valence-electron chi connectivity index (χ0n) is 10.7. The lowest BCUT2D eigenvalue weighted by Gasteiger charge is -2.21. The summed E-state index contributed by atoms with van der Waals surface area (Å²) in [6, 6.07) is 8.63. The maximum absolute atomic E-state index is 12.4. The molecular weight excluding hydrogens is 255 g/mol. The molecule has 0 saturated carbocycles. The highest BCUT2D eigenvalue weighted by Crippen LogP contribution is 2.49. The summed E-state index contributed by atoms with van der Waals surface area (Å²) < 4.78 is 27.7. The van der Waals surface area contributed by atoms with E-state index in [9.17, 15) is 9.36 Å². The van der Waals surface area contributed by atoms with Gasteiger partial charge in [-0.05, 0) is 26.0 Å². The minimum atomic E-state index is -3.49. The highest BCUT2D eigenvalue weighted by molar-refractivity contribution is 7.54. The predicted octanol–water partition coefficient (Wildman–Crippen LogP) is 2.86. The molecule has 1 rings (SSSR count). The van der Waals surface area contributed by atoms with E-state index in [0.717, 1.165) is 0 Å². The summed E-state index contributed by atoms with van der Waals surface area (Å²) in [7, 11) is -2.10. The van der Waals surface area contributed by atoms with Crippen molar-refractivity contribution in [2.24, 2.45) is 0 Å². The van der Waals surface area contributed by atoms with E-state index < -0.39 is 13.7 Å². The summed E-state index contributed by atoms with van der Waals surface area (Å²) in [5.74, 6) is 0.191. The van der Waals surface area contributed by atoms with E-state index >= 15 is 0 Å². The third-order valence-electron chi connectivity index (χ3n) is 2.17. The van der Waals surface area contributed by atoms with E-state index in [1.54, 1.807) is 24.3 Å². The summed E-state index contributed by atoms with van der Waals surface area (Å²) in [6.07, 6.45) is -1.01. The van der Waals surface area contributed by atoms with Crippen molar-refractivity contribution in [2.75, 3.05) is 13.5 Å². The van der Waals surface area contributed by atoms with Crippen LogP contribution in [0.1, 0.15) is 13.8 Å². The lowest BCUT2D eigenvalue weighted by molar-refractivity contribution is -0.123. The molecule has 6 heteroatoms. The molecule has 0 radical (unpaired) electrons. The Bertz CT molecular complexity index is 431. The lowest BCUT2D eigenvalue weighted by atomic mass is 10.3. The maximum atomic E-state index is 12.4. The smallest absolute Gasteiger partial charge is 0.405 e. The summed E-state index contributed by atoms with van der Waals surface area (Å²) in [5.41, 5.74) is 0. The van der Waals surface area contributed by atoms with Crippen molar-refractivity contribution in [3.8, 4) is 5.75 Å². The number of Topliss-reactive ketones (excluding diaryl/α,β-unsaturated/α-hetero) is 1. The number of benzene rings is 1. The number of methoxy groups -OCH3 is 1. The van der Waals surface area contributed by atoms with Gasteiger partial charge in [-0.25, -0.2) is 4.57 Å². The highest BCUT2D eigenvalue weighted by Gasteiger charge is 2.30. The Labute approximate surface area is 107 Å². The second kappa shape index (κ2) is 6.69. The molecule has 1 unspecified atom stereocenters. The van der Waals surface area contributed by atoms with Crippen LogP contribution < -0.4 is 4.52 Å². The van der Waals surface area contributed by atoms with Gasteiger partial charge >= 0.3 is 7.60 Å². The topological polar surface area (TPSA) is 61.8 Å². The number of carbonyl (C=O) groups excluding carboxylic acids is 1. The van der Waals surface area contributed by atoms with Crippen LogP contribution in [-0.2, 0) is 18.6 Å². The SMILES string of the molecule is COCP(=O)(Oc1ccccc1)O[C@@H](C)C(C)=O. The fraction of sp³-hybridized carbons (Fsp3) is 0.417. The normalized spacial score (nSPS) is 15.7. The number of carbonyl (C=O) groups is 1. The summed E-state index contributed by atoms with van der Waals surface area (Å²) >= 11 is 0. The second-order valence-electron chi connectivity index (χ2n) is 3.79. The van der Waals surface area contributed by atoms with Gasteiger partial charge in [0.15, 0.2) is 12.1 Å². The molecule has 0 saturated heterocycles. The molecule has 0 bridgehead atoms. The van der Waals surface area contributed by atoms with Crippen molar-refractivity contribution in [1.29, 1.82) is 0 Å². The van der Waals surface area contributed by atoms with E-state index in [-0.39, 0.29) is 12.1 Å². The molecule has 1 aromatic carbocycles. The van der Waals surface area contributed by atoms with Gasteiger partial charge in [0, 0.05) is 7.11 Å². The molecule has 0 aliphatic carbocycles. The van der Waals surface area contributed by atoms with Gasteiger partial charge in [-0.2, -0.15) is 0 Å². The van der Waals surface area contributed by atoms with Crippen LogP contribution in [0.25, 0.3) is 0 Å². The minimum absolute atomic E-state index is 0.209. The Kier molecular flexibility index (Phi) is 5.54. The Morgan fingerprint density at radius 1 is 1.33 bits per heavy atom. The number of hydrogen-bond acceptors (Lipinski definition) is 5. The average Bonchev–Trinajstić information content (AvgIpc) is 2.29. The molecule has 0 heterocycles. The Hall–Kier alpha value is -1.16. The van der Waals surface area contributed by atoms with E-state index in [4.69, 9.17) is 13.8 Å². The first-order valence-electron chi connectivity index (χ1n) is 5.48. The van der Waals surface area contributed by atoms with Crippen LogP contribution in [0, 0.1) is 0 Å². The fourth-order valence-corrected chi connectivity index (χ4v) is 2.74. The van der Waals surface area contributed by atoms with Crippen LogP contribution in [0.4, 0.5) is 0 Å². The molecule has 5 nitrogen and oxygen atoms in total. The van der Waals surface area contributed by atoms with Gasteiger partial charge in [0.25, 0.3) is 0 Å². The quantitative estimate of drug-likeness (QED) is 0.714. The van der Waals surface area contributed by atoms with Gasteiger partial charge < -0.3 is 9.26 Å². The molecule has 0 aliphatic heterocycles. The highest BCUT2D eigenvalue weighted by atomic mass is 31.2. The van der Waals surface area contributed by atoms with Gasteiger partial charge in [0.05, 0.1) is 0 Å². The van der Waals surface area contributed by atoms with Gasteiger partial charge in [-0.15, -0.1) is 0 Å². The number of hydrogen-bond donors (Lipinski definition) is 0. The van der Waals surface area contributed by atoms with Crippen molar-refractivity contribution >= 4 is 13.4 Å². The Morgan fingerprint density at radius 2 is 1.94 bits per heavy atom. The van der Waals surface area contributed by atoms with Crippen molar-refractivity contribution < 1.29 is 23.1 Å². The summed E-state index contributed by atoms with van der Waals surface area (Å²) in [6.45, 7) is 2.89. The number of para-hydroxylation sites is 1. The van der Waals surface area contributed by atoms with E-state index in [2.05, 4.69) is 0 Å². The standard InChI is InChI=1S/C12H17O5P/c1-10(13)11(2)16-18(14,9-15-3)17-12-7-5-4-6-8-12/h4-8,11H,9H2,1-3H3/t11-,18?/m0/s1. The fourth-order valence-electron chi connectivity index (χ4n) is 1.19. The molecule has 18 heavy (non-hydrogen) atoms. The lowest BCUT2D eigenvalue weighted by Crippen LogP contribution is -2.19. The van der Waals surface area contributed by atoms with Crippen molar-refractivity contribution in [3.05, 3.63) is 30.3 Å². The number of ether oxygens (including phenoxy) is 1. The van der Waals surface area contributed by atoms with Gasteiger partial charge in [-0.3, -0.25) is 9.32 Å². The van der Waals surface area contributed by atoms with Crippen molar-refractivity contribution in [1.82, 2.24) is 0 Å². The third kappa shape index (κ3) is 4.61. The first kappa shape index (κ1) is 14.9. The summed E-state index contributed by atoms with van der Waals surface area (Å²) in [4.78, 5) is 11.1. The Morgan fingerprint density at radius 3 is 2.44 bits per heavy atom. The third-order valence-corrected chi connectivity index (χ3v) is 3.87. The summed E-state index contributed by atoms with van der Waals surface area (Å²) in [5, 5.41) is 0. The molecule has 0 aliphatic rings. The van der Waals surface area contributed by atoms with Crippen molar-refractivity contribution in [2.45, 2.75) is 20.0 Å². The minimum Gasteiger partial charge on any atom is -0.423 e. The molecule has 0 fully saturated rings. The second-order valence-corrected chi connectivity index (χ2v) is 5.66. The van der Waals surface area contributed by atoms with Gasteiger partial charge in [0.2, 0.25) is 0 Å². The van der Waals surface area contributed by atoms with Gasteiger partial charge in [0.1, 0.15) is 11.9 Å². The predicted molar refractivity (Wildman–Crippen MR) is 67.8 cm³/mol. The molecule has 0 spiro atoms. The van der Waals surface area contributed by atoms with Crippen LogP contribution >= 0.6 is 7.60 Å². The first-order chi connectivity index (χ1) is 8.47. The Balaban J connectivity index is 2.80. The van der Waals surface area contributed by atoms with Crippen LogP contribution in [0.15, 0.2) is 30.3 Å². The van der Waals surface area contributed by atoms with E-state index in [1.807, 2.05) is 6.07 Å². The zero-order valence-corrected chi connectivity index (χ0v) is 11.6. The molecule has 0 N–H and O–H groups in total. The maximum Gasteiger partial charge on any atom is 0.405 e. The van der Waals surface area contributed by atoms with Crippen LogP contribution in [0.3, 0.4) is 0 Å². The van der Waals surface area contributed by atoms with E-state index in [0.29, 0.717) is 5.75 Å². The molecule has 0 amide bonds. The molecule has 2 atom stereocenters. The molecule has 0 aromatic heterocycles.